The van der Waals surface area contributed by atoms with E-state index in [0.717, 1.165) is 0 Å². The molecule has 0 aliphatic rings. The molecule has 2 rings (SSSR count). The zero-order valence-electron chi connectivity index (χ0n) is 10.1. The van der Waals surface area contributed by atoms with Crippen LogP contribution in [-0.2, 0) is 10.0 Å². The van der Waals surface area contributed by atoms with Gasteiger partial charge in [-0.15, -0.1) is 0 Å². The Morgan fingerprint density at radius 2 is 2.11 bits per heavy atom. The molecule has 0 spiro atoms. The third-order valence-corrected chi connectivity index (χ3v) is 4.10. The van der Waals surface area contributed by atoms with Crippen molar-refractivity contribution in [3.8, 4) is 0 Å². The summed E-state index contributed by atoms with van der Waals surface area (Å²) in [5, 5.41) is 7.64. The maximum atomic E-state index is 12.2. The molecule has 0 saturated heterocycles. The fourth-order valence-corrected chi connectivity index (χ4v) is 2.95. The number of nitrogens with two attached hydrogens (primary N) is 1. The SMILES string of the molecule is N=C(N)CCNS(=O)(=O)c1cccc2ncccc12. The Kier molecular flexibility index (Phi) is 3.77. The first-order valence-corrected chi connectivity index (χ1v) is 7.15. The predicted molar refractivity (Wildman–Crippen MR) is 73.5 cm³/mol. The molecule has 0 saturated carbocycles. The zero-order valence-corrected chi connectivity index (χ0v) is 10.9. The lowest BCUT2D eigenvalue weighted by Crippen LogP contribution is -2.28. The number of nitrogens with one attached hydrogen (secondary N) is 2. The number of fused-ring (bicyclic) bond motifs is 1. The standard InChI is InChI=1S/C12H14N4O2S/c13-12(14)6-8-16-19(17,18)11-5-1-4-10-9(11)3-2-7-15-10/h1-5,7,16H,6,8H2,(H3,13,14). The normalized spacial score (nSPS) is 11.6. The first-order valence-electron chi connectivity index (χ1n) is 5.67. The van der Waals surface area contributed by atoms with E-state index in [1.54, 1.807) is 30.5 Å². The van der Waals surface area contributed by atoms with E-state index in [1.807, 2.05) is 0 Å². The number of benzene rings is 1. The van der Waals surface area contributed by atoms with Crippen molar-refractivity contribution in [1.29, 1.82) is 5.41 Å². The van der Waals surface area contributed by atoms with E-state index < -0.39 is 10.0 Å². The van der Waals surface area contributed by atoms with Crippen LogP contribution in [0.15, 0.2) is 41.4 Å². The Morgan fingerprint density at radius 1 is 1.32 bits per heavy atom. The first-order chi connectivity index (χ1) is 9.00. The summed E-state index contributed by atoms with van der Waals surface area (Å²) >= 11 is 0. The van der Waals surface area contributed by atoms with E-state index in [-0.39, 0.29) is 23.7 Å². The summed E-state index contributed by atoms with van der Waals surface area (Å²) in [6.07, 6.45) is 1.80. The van der Waals surface area contributed by atoms with Crippen molar-refractivity contribution in [3.05, 3.63) is 36.5 Å². The fourth-order valence-electron chi connectivity index (χ4n) is 1.71. The molecule has 1 aromatic heterocycles. The van der Waals surface area contributed by atoms with Gasteiger partial charge in [-0.05, 0) is 24.3 Å². The molecule has 0 aliphatic heterocycles. The van der Waals surface area contributed by atoms with Crippen molar-refractivity contribution in [2.75, 3.05) is 6.54 Å². The molecule has 0 unspecified atom stereocenters. The summed E-state index contributed by atoms with van der Waals surface area (Å²) in [5.41, 5.74) is 5.81. The summed E-state index contributed by atoms with van der Waals surface area (Å²) < 4.78 is 26.8. The average molecular weight is 278 g/mol. The fraction of sp³-hybridized carbons (Fsp3) is 0.167. The highest BCUT2D eigenvalue weighted by Crippen LogP contribution is 2.20. The number of amidine groups is 1. The largest absolute Gasteiger partial charge is 0.388 e. The monoisotopic (exact) mass is 278 g/mol. The lowest BCUT2D eigenvalue weighted by molar-refractivity contribution is 0.583. The molecule has 0 amide bonds. The molecule has 0 radical (unpaired) electrons. The molecule has 4 N–H and O–H groups in total. The average Bonchev–Trinajstić information content (AvgIpc) is 2.37. The Labute approximate surface area is 111 Å². The van der Waals surface area contributed by atoms with Crippen LogP contribution in [0.3, 0.4) is 0 Å². The van der Waals surface area contributed by atoms with Crippen LogP contribution < -0.4 is 10.5 Å². The van der Waals surface area contributed by atoms with Gasteiger partial charge in [-0.1, -0.05) is 6.07 Å². The van der Waals surface area contributed by atoms with Crippen molar-refractivity contribution in [2.45, 2.75) is 11.3 Å². The zero-order chi connectivity index (χ0) is 13.9. The van der Waals surface area contributed by atoms with Crippen LogP contribution in [0.25, 0.3) is 10.9 Å². The number of nitrogens with zero attached hydrogens (tertiary/aromatic N) is 1. The molecule has 19 heavy (non-hydrogen) atoms. The van der Waals surface area contributed by atoms with E-state index in [1.165, 1.54) is 6.07 Å². The Bertz CT molecular complexity index is 707. The Morgan fingerprint density at radius 3 is 2.84 bits per heavy atom. The molecule has 7 heteroatoms. The van der Waals surface area contributed by atoms with Crippen LogP contribution in [0.4, 0.5) is 0 Å². The van der Waals surface area contributed by atoms with E-state index in [0.29, 0.717) is 10.9 Å². The number of sulfonamides is 1. The minimum absolute atomic E-state index is 0.0534. The predicted octanol–water partition coefficient (Wildman–Crippen LogP) is 0.839. The minimum atomic E-state index is -3.62. The molecular formula is C12H14N4O2S. The van der Waals surface area contributed by atoms with Gasteiger partial charge in [0.1, 0.15) is 0 Å². The van der Waals surface area contributed by atoms with Crippen molar-refractivity contribution >= 4 is 26.8 Å². The van der Waals surface area contributed by atoms with E-state index >= 15 is 0 Å². The minimum Gasteiger partial charge on any atom is -0.388 e. The third kappa shape index (κ3) is 3.07. The molecule has 0 bridgehead atoms. The highest BCUT2D eigenvalue weighted by atomic mass is 32.2. The van der Waals surface area contributed by atoms with Crippen LogP contribution in [0, 0.1) is 5.41 Å². The van der Waals surface area contributed by atoms with E-state index in [9.17, 15) is 8.42 Å². The lowest BCUT2D eigenvalue weighted by atomic mass is 10.2. The number of hydrogen-bond acceptors (Lipinski definition) is 4. The number of aromatic nitrogens is 1. The third-order valence-electron chi connectivity index (χ3n) is 2.58. The van der Waals surface area contributed by atoms with Crippen molar-refractivity contribution in [2.24, 2.45) is 5.73 Å². The van der Waals surface area contributed by atoms with Gasteiger partial charge in [0.2, 0.25) is 10.0 Å². The van der Waals surface area contributed by atoms with Crippen molar-refractivity contribution in [1.82, 2.24) is 9.71 Å². The van der Waals surface area contributed by atoms with Gasteiger partial charge in [0.15, 0.2) is 0 Å². The molecule has 0 aliphatic carbocycles. The highest BCUT2D eigenvalue weighted by Gasteiger charge is 2.16. The maximum absolute atomic E-state index is 12.2. The maximum Gasteiger partial charge on any atom is 0.241 e. The van der Waals surface area contributed by atoms with Gasteiger partial charge >= 0.3 is 0 Å². The topological polar surface area (TPSA) is 109 Å². The molecule has 1 heterocycles. The number of rotatable bonds is 5. The van der Waals surface area contributed by atoms with Crippen LogP contribution in [0.2, 0.25) is 0 Å². The molecule has 2 aromatic rings. The van der Waals surface area contributed by atoms with E-state index in [4.69, 9.17) is 11.1 Å². The summed E-state index contributed by atoms with van der Waals surface area (Å²) in [7, 11) is -3.62. The Balaban J connectivity index is 2.35. The van der Waals surface area contributed by atoms with Gasteiger partial charge in [0.05, 0.1) is 16.2 Å². The van der Waals surface area contributed by atoms with E-state index in [2.05, 4.69) is 9.71 Å². The highest BCUT2D eigenvalue weighted by molar-refractivity contribution is 7.89. The van der Waals surface area contributed by atoms with Gasteiger partial charge in [-0.25, -0.2) is 13.1 Å². The number of pyridine rings is 1. The van der Waals surface area contributed by atoms with Crippen molar-refractivity contribution < 1.29 is 8.42 Å². The van der Waals surface area contributed by atoms with Crippen LogP contribution in [-0.4, -0.2) is 25.8 Å². The molecule has 6 nitrogen and oxygen atoms in total. The summed E-state index contributed by atoms with van der Waals surface area (Å²) in [6.45, 7) is 0.105. The Hall–Kier alpha value is -1.99. The van der Waals surface area contributed by atoms with Crippen LogP contribution >= 0.6 is 0 Å². The lowest BCUT2D eigenvalue weighted by Gasteiger charge is -2.08. The summed E-state index contributed by atoms with van der Waals surface area (Å²) in [6, 6.07) is 8.33. The van der Waals surface area contributed by atoms with Gasteiger partial charge < -0.3 is 5.73 Å². The van der Waals surface area contributed by atoms with Gasteiger partial charge in [0.25, 0.3) is 0 Å². The second-order valence-electron chi connectivity index (χ2n) is 4.00. The van der Waals surface area contributed by atoms with Gasteiger partial charge in [-0.3, -0.25) is 10.4 Å². The second kappa shape index (κ2) is 5.33. The quantitative estimate of drug-likeness (QED) is 0.556. The molecule has 1 aromatic carbocycles. The molecule has 0 fully saturated rings. The second-order valence-corrected chi connectivity index (χ2v) is 5.73. The van der Waals surface area contributed by atoms with Crippen molar-refractivity contribution in [3.63, 3.8) is 0 Å². The van der Waals surface area contributed by atoms with Gasteiger partial charge in [0, 0.05) is 24.5 Å². The molecular weight excluding hydrogens is 264 g/mol. The summed E-state index contributed by atoms with van der Waals surface area (Å²) in [4.78, 5) is 4.30. The first kappa shape index (κ1) is 13.4. The smallest absolute Gasteiger partial charge is 0.241 e. The van der Waals surface area contributed by atoms with Crippen LogP contribution in [0.5, 0.6) is 0 Å². The number of hydrogen-bond donors (Lipinski definition) is 3. The van der Waals surface area contributed by atoms with Crippen LogP contribution in [0.1, 0.15) is 6.42 Å². The van der Waals surface area contributed by atoms with Gasteiger partial charge in [-0.2, -0.15) is 0 Å². The molecule has 100 valence electrons. The molecule has 0 atom stereocenters. The summed E-state index contributed by atoms with van der Waals surface area (Å²) in [5.74, 6) is -0.0534.